The third-order valence-corrected chi connectivity index (χ3v) is 5.10. The minimum atomic E-state index is -3.74. The van der Waals surface area contributed by atoms with Crippen LogP contribution >= 0.6 is 11.3 Å². The van der Waals surface area contributed by atoms with Gasteiger partial charge in [0.1, 0.15) is 10.6 Å². The quantitative estimate of drug-likeness (QED) is 0.848. The van der Waals surface area contributed by atoms with Crippen LogP contribution in [0, 0.1) is 6.92 Å². The molecule has 0 amide bonds. The van der Waals surface area contributed by atoms with Gasteiger partial charge in [0.25, 0.3) is 10.0 Å². The molecule has 0 fully saturated rings. The Hall–Kier alpha value is -1.64. The molecule has 0 radical (unpaired) electrons. The molecule has 0 unspecified atom stereocenters. The van der Waals surface area contributed by atoms with E-state index < -0.39 is 10.0 Å². The number of sulfonamides is 1. The van der Waals surface area contributed by atoms with Gasteiger partial charge in [0.15, 0.2) is 5.13 Å². The van der Waals surface area contributed by atoms with Crippen molar-refractivity contribution in [3.63, 3.8) is 0 Å². The Kier molecular flexibility index (Phi) is 4.81. The van der Waals surface area contributed by atoms with Crippen LogP contribution < -0.4 is 14.8 Å². The van der Waals surface area contributed by atoms with Crippen LogP contribution in [0.2, 0.25) is 0 Å². The zero-order chi connectivity index (χ0) is 15.5. The normalized spacial score (nSPS) is 11.4. The summed E-state index contributed by atoms with van der Waals surface area (Å²) in [4.78, 5) is 4.21. The predicted octanol–water partition coefficient (Wildman–Crippen LogP) is 1.98. The average Bonchev–Trinajstić information content (AvgIpc) is 2.83. The minimum Gasteiger partial charge on any atom is -0.495 e. The molecule has 0 aliphatic carbocycles. The lowest BCUT2D eigenvalue weighted by Crippen LogP contribution is -2.15. The largest absolute Gasteiger partial charge is 0.495 e. The van der Waals surface area contributed by atoms with Gasteiger partial charge in [-0.3, -0.25) is 4.72 Å². The Morgan fingerprint density at radius 1 is 1.38 bits per heavy atom. The first-order valence-electron chi connectivity index (χ1n) is 6.22. The second-order valence-corrected chi connectivity index (χ2v) is 6.92. The van der Waals surface area contributed by atoms with E-state index in [0.29, 0.717) is 17.4 Å². The Labute approximate surface area is 128 Å². The highest BCUT2D eigenvalue weighted by Gasteiger charge is 2.21. The number of benzene rings is 1. The third kappa shape index (κ3) is 3.72. The smallest absolute Gasteiger partial charge is 0.267 e. The lowest BCUT2D eigenvalue weighted by atomic mass is 10.2. The molecule has 0 bridgehead atoms. The maximum atomic E-state index is 12.5. The van der Waals surface area contributed by atoms with E-state index in [1.807, 2.05) is 13.0 Å². The van der Waals surface area contributed by atoms with E-state index in [1.165, 1.54) is 18.4 Å². The number of hydrogen-bond donors (Lipinski definition) is 2. The molecule has 6 nitrogen and oxygen atoms in total. The van der Waals surface area contributed by atoms with Gasteiger partial charge in [-0.05, 0) is 31.7 Å². The van der Waals surface area contributed by atoms with Crippen LogP contribution in [-0.4, -0.2) is 27.6 Å². The topological polar surface area (TPSA) is 80.3 Å². The van der Waals surface area contributed by atoms with Crippen LogP contribution in [0.5, 0.6) is 5.75 Å². The molecule has 2 aromatic rings. The molecule has 2 N–H and O–H groups in total. The highest BCUT2D eigenvalue weighted by molar-refractivity contribution is 7.93. The van der Waals surface area contributed by atoms with E-state index in [2.05, 4.69) is 15.0 Å². The molecule has 21 heavy (non-hydrogen) atoms. The number of hydrogen-bond acceptors (Lipinski definition) is 6. The second-order valence-electron chi connectivity index (χ2n) is 4.42. The maximum absolute atomic E-state index is 12.5. The minimum absolute atomic E-state index is 0.102. The highest BCUT2D eigenvalue weighted by atomic mass is 32.2. The van der Waals surface area contributed by atoms with Gasteiger partial charge in [-0.25, -0.2) is 13.4 Å². The van der Waals surface area contributed by atoms with Crippen molar-refractivity contribution < 1.29 is 13.2 Å². The number of nitrogens with zero attached hydrogens (tertiary/aromatic N) is 1. The molecular formula is C13H17N3O3S2. The van der Waals surface area contributed by atoms with Crippen molar-refractivity contribution in [2.75, 3.05) is 18.9 Å². The fraction of sp³-hybridized carbons (Fsp3) is 0.308. The van der Waals surface area contributed by atoms with Gasteiger partial charge in [-0.1, -0.05) is 6.07 Å². The molecule has 8 heteroatoms. The average molecular weight is 327 g/mol. The van der Waals surface area contributed by atoms with Crippen molar-refractivity contribution in [2.24, 2.45) is 0 Å². The van der Waals surface area contributed by atoms with Crippen LogP contribution in [0.25, 0.3) is 0 Å². The van der Waals surface area contributed by atoms with E-state index in [-0.39, 0.29) is 4.90 Å². The first kappa shape index (κ1) is 15.7. The molecular weight excluding hydrogens is 310 g/mol. The van der Waals surface area contributed by atoms with Crippen molar-refractivity contribution in [2.45, 2.75) is 18.4 Å². The molecule has 114 valence electrons. The molecule has 0 spiro atoms. The molecule has 0 aliphatic heterocycles. The number of aromatic nitrogens is 1. The molecule has 0 aliphatic rings. The van der Waals surface area contributed by atoms with E-state index in [1.54, 1.807) is 24.6 Å². The molecule has 1 aromatic heterocycles. The molecule has 0 atom stereocenters. The van der Waals surface area contributed by atoms with Crippen molar-refractivity contribution in [3.8, 4) is 5.75 Å². The predicted molar refractivity (Wildman–Crippen MR) is 83.4 cm³/mol. The van der Waals surface area contributed by atoms with E-state index in [9.17, 15) is 8.42 Å². The van der Waals surface area contributed by atoms with Gasteiger partial charge < -0.3 is 10.1 Å². The summed E-state index contributed by atoms with van der Waals surface area (Å²) in [5, 5.41) is 5.11. The molecule has 0 saturated carbocycles. The summed E-state index contributed by atoms with van der Waals surface area (Å²) in [7, 11) is -0.494. The van der Waals surface area contributed by atoms with Gasteiger partial charge in [0.05, 0.1) is 12.8 Å². The first-order chi connectivity index (χ1) is 9.96. The zero-order valence-corrected chi connectivity index (χ0v) is 13.6. The van der Waals surface area contributed by atoms with Crippen LogP contribution in [0.15, 0.2) is 28.5 Å². The SMILES string of the molecule is CNCc1ccc(OC)c(S(=O)(=O)Nc2nc(C)cs2)c1. The number of aryl methyl sites for hydroxylation is 1. The number of thiazole rings is 1. The van der Waals surface area contributed by atoms with Gasteiger partial charge in [-0.2, -0.15) is 0 Å². The summed E-state index contributed by atoms with van der Waals surface area (Å²) in [6.07, 6.45) is 0. The molecule has 1 aromatic carbocycles. The van der Waals surface area contributed by atoms with Gasteiger partial charge in [-0.15, -0.1) is 11.3 Å². The van der Waals surface area contributed by atoms with Gasteiger partial charge in [0.2, 0.25) is 0 Å². The highest BCUT2D eigenvalue weighted by Crippen LogP contribution is 2.27. The molecule has 1 heterocycles. The monoisotopic (exact) mass is 327 g/mol. The Bertz CT molecular complexity index is 726. The van der Waals surface area contributed by atoms with Crippen LogP contribution in [0.3, 0.4) is 0 Å². The van der Waals surface area contributed by atoms with Crippen LogP contribution in [0.4, 0.5) is 5.13 Å². The standard InChI is InChI=1S/C13H17N3O3S2/c1-9-8-20-13(15-9)16-21(17,18)12-6-10(7-14-2)4-5-11(12)19-3/h4-6,8,14H,7H2,1-3H3,(H,15,16). The molecule has 0 saturated heterocycles. The first-order valence-corrected chi connectivity index (χ1v) is 8.59. The number of ether oxygens (including phenoxy) is 1. The van der Waals surface area contributed by atoms with E-state index in [4.69, 9.17) is 4.74 Å². The van der Waals surface area contributed by atoms with Crippen LogP contribution in [0.1, 0.15) is 11.3 Å². The summed E-state index contributed by atoms with van der Waals surface area (Å²) in [5.74, 6) is 0.302. The lowest BCUT2D eigenvalue weighted by molar-refractivity contribution is 0.402. The Morgan fingerprint density at radius 2 is 2.14 bits per heavy atom. The van der Waals surface area contributed by atoms with Crippen molar-refractivity contribution in [3.05, 3.63) is 34.8 Å². The number of nitrogens with one attached hydrogen (secondary N) is 2. The van der Waals surface area contributed by atoms with Crippen molar-refractivity contribution >= 4 is 26.5 Å². The zero-order valence-electron chi connectivity index (χ0n) is 12.0. The van der Waals surface area contributed by atoms with E-state index >= 15 is 0 Å². The number of rotatable bonds is 6. The maximum Gasteiger partial charge on any atom is 0.267 e. The van der Waals surface area contributed by atoms with Crippen molar-refractivity contribution in [1.82, 2.24) is 10.3 Å². The fourth-order valence-corrected chi connectivity index (χ4v) is 3.98. The summed E-state index contributed by atoms with van der Waals surface area (Å²) in [6, 6.07) is 5.06. The third-order valence-electron chi connectivity index (χ3n) is 2.74. The second kappa shape index (κ2) is 6.42. The number of anilines is 1. The summed E-state index contributed by atoms with van der Waals surface area (Å²) in [6.45, 7) is 2.38. The Balaban J connectivity index is 2.39. The molecule has 2 rings (SSSR count). The lowest BCUT2D eigenvalue weighted by Gasteiger charge is -2.11. The number of methoxy groups -OCH3 is 1. The van der Waals surface area contributed by atoms with Gasteiger partial charge in [0, 0.05) is 11.9 Å². The van der Waals surface area contributed by atoms with Crippen LogP contribution in [-0.2, 0) is 16.6 Å². The van der Waals surface area contributed by atoms with E-state index in [0.717, 1.165) is 11.3 Å². The Morgan fingerprint density at radius 3 is 2.71 bits per heavy atom. The summed E-state index contributed by atoms with van der Waals surface area (Å²) < 4.78 is 32.6. The van der Waals surface area contributed by atoms with Crippen molar-refractivity contribution in [1.29, 1.82) is 0 Å². The van der Waals surface area contributed by atoms with Gasteiger partial charge >= 0.3 is 0 Å². The summed E-state index contributed by atoms with van der Waals surface area (Å²) >= 11 is 1.24. The fourth-order valence-electron chi connectivity index (χ4n) is 1.82. The summed E-state index contributed by atoms with van der Waals surface area (Å²) in [5.41, 5.74) is 1.63.